The maximum atomic E-state index is 5.96. The second-order valence-electron chi connectivity index (χ2n) is 4.52. The third-order valence-corrected chi connectivity index (χ3v) is 3.52. The highest BCUT2D eigenvalue weighted by atomic mass is 35.5. The van der Waals surface area contributed by atoms with Crippen molar-refractivity contribution in [2.75, 3.05) is 6.54 Å². The van der Waals surface area contributed by atoms with Crippen molar-refractivity contribution < 1.29 is 0 Å². The Bertz CT molecular complexity index is 621. The number of aryl methyl sites for hydroxylation is 1. The van der Waals surface area contributed by atoms with Gasteiger partial charge in [0.05, 0.1) is 0 Å². The predicted octanol–water partition coefficient (Wildman–Crippen LogP) is 2.81. The van der Waals surface area contributed by atoms with Crippen LogP contribution in [0.2, 0.25) is 5.02 Å². The van der Waals surface area contributed by atoms with Gasteiger partial charge in [0, 0.05) is 31.0 Å². The molecule has 0 bridgehead atoms. The van der Waals surface area contributed by atoms with Crippen LogP contribution in [0.5, 0.6) is 0 Å². The summed E-state index contributed by atoms with van der Waals surface area (Å²) in [6.07, 6.45) is 5.42. The van der Waals surface area contributed by atoms with Gasteiger partial charge in [-0.2, -0.15) is 0 Å². The van der Waals surface area contributed by atoms with Crippen molar-refractivity contribution >= 4 is 28.9 Å². The molecule has 0 aliphatic heterocycles. The van der Waals surface area contributed by atoms with Crippen LogP contribution in [0.15, 0.2) is 49.3 Å². The van der Waals surface area contributed by atoms with E-state index in [9.17, 15) is 0 Å². The second kappa shape index (κ2) is 7.24. The highest BCUT2D eigenvalue weighted by Gasteiger charge is 2.19. The number of hydrogen-bond acceptors (Lipinski definition) is 2. The Balaban J connectivity index is 2.26. The molecule has 110 valence electrons. The molecule has 6 heteroatoms. The highest BCUT2D eigenvalue weighted by Crippen LogP contribution is 2.22. The van der Waals surface area contributed by atoms with E-state index in [2.05, 4.69) is 22.2 Å². The zero-order chi connectivity index (χ0) is 15.2. The van der Waals surface area contributed by atoms with Crippen LogP contribution in [0.4, 0.5) is 0 Å². The lowest BCUT2D eigenvalue weighted by Crippen LogP contribution is -2.39. The first-order valence-corrected chi connectivity index (χ1v) is 7.28. The number of hydrogen-bond donors (Lipinski definition) is 2. The summed E-state index contributed by atoms with van der Waals surface area (Å²) in [5.74, 6) is 0.875. The third-order valence-electron chi connectivity index (χ3n) is 3.00. The number of imidazole rings is 1. The largest absolute Gasteiger partial charge is 0.359 e. The summed E-state index contributed by atoms with van der Waals surface area (Å²) in [5, 5.41) is 7.59. The normalized spacial score (nSPS) is 11.7. The number of halogens is 1. The van der Waals surface area contributed by atoms with E-state index in [4.69, 9.17) is 23.8 Å². The number of rotatable bonds is 5. The fraction of sp³-hybridized carbons (Fsp3) is 0.200. The van der Waals surface area contributed by atoms with Crippen LogP contribution in [0.25, 0.3) is 0 Å². The van der Waals surface area contributed by atoms with Gasteiger partial charge in [-0.1, -0.05) is 29.8 Å². The second-order valence-corrected chi connectivity index (χ2v) is 5.37. The van der Waals surface area contributed by atoms with E-state index in [0.29, 0.717) is 16.7 Å². The van der Waals surface area contributed by atoms with Gasteiger partial charge in [0.1, 0.15) is 11.9 Å². The average Bonchev–Trinajstić information content (AvgIpc) is 2.89. The highest BCUT2D eigenvalue weighted by molar-refractivity contribution is 7.80. The van der Waals surface area contributed by atoms with Gasteiger partial charge in [-0.15, -0.1) is 6.58 Å². The molecule has 0 aliphatic carbocycles. The smallest absolute Gasteiger partial charge is 0.167 e. The minimum Gasteiger partial charge on any atom is -0.359 e. The minimum absolute atomic E-state index is 0.146. The van der Waals surface area contributed by atoms with E-state index in [0.717, 1.165) is 11.4 Å². The molecule has 0 saturated carbocycles. The summed E-state index contributed by atoms with van der Waals surface area (Å²) in [6, 6.07) is 7.49. The van der Waals surface area contributed by atoms with Crippen molar-refractivity contribution in [1.29, 1.82) is 0 Å². The number of thiocarbonyl (C=S) groups is 1. The van der Waals surface area contributed by atoms with E-state index in [1.165, 1.54) is 0 Å². The molecular weight excluding hydrogens is 304 g/mol. The van der Waals surface area contributed by atoms with Gasteiger partial charge < -0.3 is 15.2 Å². The molecule has 0 aliphatic rings. The molecule has 0 fully saturated rings. The molecule has 0 radical (unpaired) electrons. The van der Waals surface area contributed by atoms with Gasteiger partial charge in [0.2, 0.25) is 0 Å². The Hall–Kier alpha value is -1.85. The maximum absolute atomic E-state index is 5.96. The molecule has 1 aromatic carbocycles. The molecule has 2 N–H and O–H groups in total. The topological polar surface area (TPSA) is 41.9 Å². The summed E-state index contributed by atoms with van der Waals surface area (Å²) in [7, 11) is 1.95. The molecule has 21 heavy (non-hydrogen) atoms. The summed E-state index contributed by atoms with van der Waals surface area (Å²) >= 11 is 11.3. The van der Waals surface area contributed by atoms with Gasteiger partial charge in [-0.3, -0.25) is 0 Å². The molecule has 1 atom stereocenters. The fourth-order valence-corrected chi connectivity index (χ4v) is 2.28. The van der Waals surface area contributed by atoms with Crippen LogP contribution in [0.3, 0.4) is 0 Å². The lowest BCUT2D eigenvalue weighted by atomic mass is 10.1. The van der Waals surface area contributed by atoms with Crippen LogP contribution in [-0.4, -0.2) is 21.2 Å². The minimum atomic E-state index is -0.146. The van der Waals surface area contributed by atoms with E-state index in [1.54, 1.807) is 12.3 Å². The zero-order valence-corrected chi connectivity index (χ0v) is 13.3. The van der Waals surface area contributed by atoms with Crippen LogP contribution in [0, 0.1) is 0 Å². The first kappa shape index (κ1) is 15.5. The van der Waals surface area contributed by atoms with E-state index >= 15 is 0 Å². The molecule has 2 rings (SSSR count). The van der Waals surface area contributed by atoms with Crippen molar-refractivity contribution in [2.45, 2.75) is 6.04 Å². The fourth-order valence-electron chi connectivity index (χ4n) is 1.95. The molecule has 0 amide bonds. The lowest BCUT2D eigenvalue weighted by Gasteiger charge is -2.21. The number of benzene rings is 1. The van der Waals surface area contributed by atoms with Gasteiger partial charge in [0.15, 0.2) is 5.11 Å². The summed E-state index contributed by atoms with van der Waals surface area (Å²) in [5.41, 5.74) is 1.04. The first-order valence-electron chi connectivity index (χ1n) is 6.49. The zero-order valence-electron chi connectivity index (χ0n) is 11.7. The van der Waals surface area contributed by atoms with Crippen LogP contribution < -0.4 is 10.6 Å². The first-order chi connectivity index (χ1) is 10.1. The molecular formula is C15H17ClN4S. The predicted molar refractivity (Wildman–Crippen MR) is 90.4 cm³/mol. The molecule has 1 aromatic heterocycles. The Morgan fingerprint density at radius 3 is 2.76 bits per heavy atom. The maximum Gasteiger partial charge on any atom is 0.167 e. The molecule has 2 aromatic rings. The number of nitrogens with zero attached hydrogens (tertiary/aromatic N) is 2. The van der Waals surface area contributed by atoms with E-state index < -0.39 is 0 Å². The number of aromatic nitrogens is 2. The van der Waals surface area contributed by atoms with Crippen molar-refractivity contribution in [3.05, 3.63) is 65.7 Å². The summed E-state index contributed by atoms with van der Waals surface area (Å²) in [4.78, 5) is 4.41. The van der Waals surface area contributed by atoms with Crippen molar-refractivity contribution in [2.24, 2.45) is 7.05 Å². The standard InChI is InChI=1S/C15H17ClN4S/c1-3-8-18-15(21)19-13(14-17-9-10-20(14)2)11-4-6-12(16)7-5-11/h3-7,9-10,13H,1,8H2,2H3,(H2,18,19,21)/t13-/m0/s1. The van der Waals surface area contributed by atoms with Gasteiger partial charge in [-0.05, 0) is 29.9 Å². The summed E-state index contributed by atoms with van der Waals surface area (Å²) < 4.78 is 1.96. The SMILES string of the molecule is C=CCNC(=S)N[C@@H](c1ccc(Cl)cc1)c1nccn1C. The van der Waals surface area contributed by atoms with E-state index in [-0.39, 0.29) is 6.04 Å². The molecule has 1 heterocycles. The van der Waals surface area contributed by atoms with Crippen molar-refractivity contribution in [3.8, 4) is 0 Å². The molecule has 0 spiro atoms. The average molecular weight is 321 g/mol. The van der Waals surface area contributed by atoms with E-state index in [1.807, 2.05) is 42.1 Å². The number of nitrogens with one attached hydrogen (secondary N) is 2. The van der Waals surface area contributed by atoms with Gasteiger partial charge >= 0.3 is 0 Å². The molecule has 0 unspecified atom stereocenters. The Labute approximate surface area is 134 Å². The van der Waals surface area contributed by atoms with Gasteiger partial charge in [0.25, 0.3) is 0 Å². The Morgan fingerprint density at radius 2 is 2.19 bits per heavy atom. The van der Waals surface area contributed by atoms with Crippen LogP contribution >= 0.6 is 23.8 Å². The Kier molecular flexibility index (Phi) is 5.36. The Morgan fingerprint density at radius 1 is 1.48 bits per heavy atom. The van der Waals surface area contributed by atoms with Gasteiger partial charge in [-0.25, -0.2) is 4.98 Å². The van der Waals surface area contributed by atoms with Crippen LogP contribution in [0.1, 0.15) is 17.4 Å². The molecule has 4 nitrogen and oxygen atoms in total. The van der Waals surface area contributed by atoms with Crippen LogP contribution in [-0.2, 0) is 7.05 Å². The lowest BCUT2D eigenvalue weighted by molar-refractivity contribution is 0.655. The molecule has 0 saturated heterocycles. The quantitative estimate of drug-likeness (QED) is 0.656. The van der Waals surface area contributed by atoms with Crippen molar-refractivity contribution in [1.82, 2.24) is 20.2 Å². The van der Waals surface area contributed by atoms with Crippen molar-refractivity contribution in [3.63, 3.8) is 0 Å². The third kappa shape index (κ3) is 4.06. The monoisotopic (exact) mass is 320 g/mol. The summed E-state index contributed by atoms with van der Waals surface area (Å²) in [6.45, 7) is 4.27.